The number of hydrogen-bond acceptors (Lipinski definition) is 3. The molecule has 0 aliphatic rings. The SMILES string of the molecule is C=C(C)CCOc1ncc(CN)c2ccccc12. The molecule has 0 radical (unpaired) electrons. The Morgan fingerprint density at radius 3 is 2.72 bits per heavy atom. The van der Waals surface area contributed by atoms with Gasteiger partial charge in [0, 0.05) is 24.5 Å². The molecule has 2 rings (SSSR count). The summed E-state index contributed by atoms with van der Waals surface area (Å²) in [5.74, 6) is 0.670. The summed E-state index contributed by atoms with van der Waals surface area (Å²) >= 11 is 0. The van der Waals surface area contributed by atoms with Crippen LogP contribution in [-0.4, -0.2) is 11.6 Å². The fourth-order valence-corrected chi connectivity index (χ4v) is 1.82. The summed E-state index contributed by atoms with van der Waals surface area (Å²) in [6.45, 7) is 6.94. The predicted octanol–water partition coefficient (Wildman–Crippen LogP) is 3.04. The van der Waals surface area contributed by atoms with E-state index < -0.39 is 0 Å². The Bertz CT molecular complexity index is 563. The zero-order valence-corrected chi connectivity index (χ0v) is 10.6. The van der Waals surface area contributed by atoms with E-state index in [4.69, 9.17) is 10.5 Å². The van der Waals surface area contributed by atoms with Crippen molar-refractivity contribution >= 4 is 10.8 Å². The number of pyridine rings is 1. The van der Waals surface area contributed by atoms with E-state index in [0.29, 0.717) is 19.0 Å². The first-order valence-corrected chi connectivity index (χ1v) is 6.06. The molecule has 0 amide bonds. The second-order valence-electron chi connectivity index (χ2n) is 4.39. The fraction of sp³-hybridized carbons (Fsp3) is 0.267. The smallest absolute Gasteiger partial charge is 0.221 e. The van der Waals surface area contributed by atoms with Crippen LogP contribution in [0.15, 0.2) is 42.6 Å². The minimum atomic E-state index is 0.486. The lowest BCUT2D eigenvalue weighted by atomic mass is 10.1. The van der Waals surface area contributed by atoms with Gasteiger partial charge in [-0.2, -0.15) is 0 Å². The zero-order chi connectivity index (χ0) is 13.0. The lowest BCUT2D eigenvalue weighted by Gasteiger charge is -2.10. The molecular weight excluding hydrogens is 224 g/mol. The Labute approximate surface area is 107 Å². The number of hydrogen-bond donors (Lipinski definition) is 1. The van der Waals surface area contributed by atoms with Gasteiger partial charge in [0.15, 0.2) is 0 Å². The van der Waals surface area contributed by atoms with Gasteiger partial charge in [-0.15, -0.1) is 6.58 Å². The first-order valence-electron chi connectivity index (χ1n) is 6.06. The molecule has 0 atom stereocenters. The van der Waals surface area contributed by atoms with Crippen molar-refractivity contribution in [2.45, 2.75) is 19.9 Å². The van der Waals surface area contributed by atoms with Gasteiger partial charge in [0.05, 0.1) is 6.61 Å². The quantitative estimate of drug-likeness (QED) is 0.820. The van der Waals surface area contributed by atoms with Crippen LogP contribution in [0, 0.1) is 0 Å². The summed E-state index contributed by atoms with van der Waals surface area (Å²) in [7, 11) is 0. The number of nitrogens with two attached hydrogens (primary N) is 1. The molecule has 0 saturated heterocycles. The average Bonchev–Trinajstić information content (AvgIpc) is 2.38. The normalized spacial score (nSPS) is 10.6. The number of rotatable bonds is 5. The second kappa shape index (κ2) is 5.65. The summed E-state index contributed by atoms with van der Waals surface area (Å²) in [5.41, 5.74) is 7.86. The number of nitrogens with zero attached hydrogens (tertiary/aromatic N) is 1. The van der Waals surface area contributed by atoms with Crippen molar-refractivity contribution in [1.29, 1.82) is 0 Å². The number of aromatic nitrogens is 1. The molecule has 0 saturated carbocycles. The maximum Gasteiger partial charge on any atom is 0.221 e. The molecule has 3 heteroatoms. The molecule has 0 unspecified atom stereocenters. The second-order valence-corrected chi connectivity index (χ2v) is 4.39. The van der Waals surface area contributed by atoms with Crippen molar-refractivity contribution in [3.8, 4) is 5.88 Å². The topological polar surface area (TPSA) is 48.1 Å². The molecule has 2 N–H and O–H groups in total. The van der Waals surface area contributed by atoms with Gasteiger partial charge in [-0.25, -0.2) is 4.98 Å². The Hall–Kier alpha value is -1.87. The summed E-state index contributed by atoms with van der Waals surface area (Å²) < 4.78 is 5.72. The molecule has 0 bridgehead atoms. The minimum absolute atomic E-state index is 0.486. The summed E-state index contributed by atoms with van der Waals surface area (Å²) in [4.78, 5) is 4.34. The number of fused-ring (bicyclic) bond motifs is 1. The van der Waals surface area contributed by atoms with Crippen LogP contribution in [0.1, 0.15) is 18.9 Å². The van der Waals surface area contributed by atoms with Gasteiger partial charge in [0.25, 0.3) is 0 Å². The number of ether oxygens (including phenoxy) is 1. The summed E-state index contributed by atoms with van der Waals surface area (Å²) in [5, 5.41) is 2.13. The number of benzene rings is 1. The fourth-order valence-electron chi connectivity index (χ4n) is 1.82. The predicted molar refractivity (Wildman–Crippen MR) is 74.6 cm³/mol. The lowest BCUT2D eigenvalue weighted by molar-refractivity contribution is 0.313. The highest BCUT2D eigenvalue weighted by molar-refractivity contribution is 5.89. The maximum absolute atomic E-state index is 5.72. The molecular formula is C15H18N2O. The van der Waals surface area contributed by atoms with Crippen molar-refractivity contribution in [3.63, 3.8) is 0 Å². The molecule has 0 fully saturated rings. The van der Waals surface area contributed by atoms with Gasteiger partial charge in [0.2, 0.25) is 5.88 Å². The Kier molecular flexibility index (Phi) is 3.95. The van der Waals surface area contributed by atoms with Crippen LogP contribution in [0.25, 0.3) is 10.8 Å². The highest BCUT2D eigenvalue weighted by Gasteiger charge is 2.06. The molecule has 1 aromatic heterocycles. The van der Waals surface area contributed by atoms with Crippen LogP contribution in [-0.2, 0) is 6.54 Å². The van der Waals surface area contributed by atoms with Crippen molar-refractivity contribution in [3.05, 3.63) is 48.2 Å². The Morgan fingerprint density at radius 1 is 1.33 bits per heavy atom. The van der Waals surface area contributed by atoms with E-state index in [-0.39, 0.29) is 0 Å². The van der Waals surface area contributed by atoms with Crippen LogP contribution in [0.4, 0.5) is 0 Å². The third-order valence-corrected chi connectivity index (χ3v) is 2.83. The van der Waals surface area contributed by atoms with Gasteiger partial charge in [-0.1, -0.05) is 23.8 Å². The molecule has 18 heavy (non-hydrogen) atoms. The van der Waals surface area contributed by atoms with Gasteiger partial charge in [-0.3, -0.25) is 0 Å². The van der Waals surface area contributed by atoms with Gasteiger partial charge in [0.1, 0.15) is 0 Å². The zero-order valence-electron chi connectivity index (χ0n) is 10.6. The van der Waals surface area contributed by atoms with Crippen LogP contribution in [0.5, 0.6) is 5.88 Å². The highest BCUT2D eigenvalue weighted by atomic mass is 16.5. The third kappa shape index (κ3) is 2.68. The van der Waals surface area contributed by atoms with E-state index >= 15 is 0 Å². The van der Waals surface area contributed by atoms with E-state index in [9.17, 15) is 0 Å². The van der Waals surface area contributed by atoms with Crippen LogP contribution in [0.2, 0.25) is 0 Å². The van der Waals surface area contributed by atoms with E-state index in [2.05, 4.69) is 11.6 Å². The molecule has 3 nitrogen and oxygen atoms in total. The Morgan fingerprint density at radius 2 is 2.06 bits per heavy atom. The van der Waals surface area contributed by atoms with Crippen LogP contribution < -0.4 is 10.5 Å². The van der Waals surface area contributed by atoms with Crippen LogP contribution in [0.3, 0.4) is 0 Å². The first kappa shape index (κ1) is 12.6. The average molecular weight is 242 g/mol. The maximum atomic E-state index is 5.72. The van der Waals surface area contributed by atoms with Gasteiger partial charge in [-0.05, 0) is 23.9 Å². The van der Waals surface area contributed by atoms with Gasteiger partial charge >= 0.3 is 0 Å². The minimum Gasteiger partial charge on any atom is -0.477 e. The highest BCUT2D eigenvalue weighted by Crippen LogP contribution is 2.26. The molecule has 0 spiro atoms. The third-order valence-electron chi connectivity index (χ3n) is 2.83. The Balaban J connectivity index is 2.31. The molecule has 1 aromatic carbocycles. The van der Waals surface area contributed by atoms with E-state index in [1.54, 1.807) is 6.20 Å². The summed E-state index contributed by atoms with van der Waals surface area (Å²) in [6.07, 6.45) is 2.63. The first-order chi connectivity index (χ1) is 8.72. The standard InChI is InChI=1S/C15H18N2O/c1-11(2)7-8-18-15-14-6-4-3-5-13(14)12(9-16)10-17-15/h3-6,10H,1,7-9,16H2,2H3. The molecule has 1 heterocycles. The van der Waals surface area contributed by atoms with Crippen molar-refractivity contribution < 1.29 is 4.74 Å². The van der Waals surface area contributed by atoms with Crippen LogP contribution >= 0.6 is 0 Å². The van der Waals surface area contributed by atoms with Gasteiger partial charge < -0.3 is 10.5 Å². The molecule has 0 aliphatic carbocycles. The molecule has 2 aromatic rings. The largest absolute Gasteiger partial charge is 0.477 e. The van der Waals surface area contributed by atoms with E-state index in [1.165, 1.54) is 0 Å². The molecule has 94 valence electrons. The van der Waals surface area contributed by atoms with Crippen molar-refractivity contribution in [2.75, 3.05) is 6.61 Å². The lowest BCUT2D eigenvalue weighted by Crippen LogP contribution is -2.03. The molecule has 0 aliphatic heterocycles. The van der Waals surface area contributed by atoms with E-state index in [0.717, 1.165) is 28.3 Å². The van der Waals surface area contributed by atoms with Crippen molar-refractivity contribution in [1.82, 2.24) is 4.98 Å². The summed E-state index contributed by atoms with van der Waals surface area (Å²) in [6, 6.07) is 8.04. The monoisotopic (exact) mass is 242 g/mol. The van der Waals surface area contributed by atoms with Crippen molar-refractivity contribution in [2.24, 2.45) is 5.73 Å². The van der Waals surface area contributed by atoms with E-state index in [1.807, 2.05) is 31.2 Å².